The summed E-state index contributed by atoms with van der Waals surface area (Å²) in [4.78, 5) is 47.7. The molecule has 9 nitrogen and oxygen atoms in total. The molecule has 0 spiro atoms. The predicted octanol–water partition coefficient (Wildman–Crippen LogP) is 13.8. The quantitative estimate of drug-likeness (QED) is 0.144. The third-order valence-electron chi connectivity index (χ3n) is 21.9. The molecule has 24 unspecified atom stereocenters. The lowest BCUT2D eigenvalue weighted by atomic mass is 9.59. The number of hydrogen-bond donors (Lipinski definition) is 1. The number of esters is 3. The molecule has 12 saturated carbocycles. The van der Waals surface area contributed by atoms with Gasteiger partial charge in [-0.2, -0.15) is 0 Å². The van der Waals surface area contributed by atoms with Gasteiger partial charge in [0.15, 0.2) is 0 Å². The molecule has 0 aromatic rings. The van der Waals surface area contributed by atoms with Gasteiger partial charge in [0.05, 0.1) is 17.4 Å². The summed E-state index contributed by atoms with van der Waals surface area (Å²) in [5.74, 6) is 17.3. The van der Waals surface area contributed by atoms with E-state index in [1.807, 2.05) is 13.8 Å². The van der Waals surface area contributed by atoms with E-state index in [0.717, 1.165) is 152 Å². The Hall–Kier alpha value is -2.16. The zero-order valence-electron chi connectivity index (χ0n) is 38.7. The van der Waals surface area contributed by atoms with Crippen LogP contribution in [0.2, 0.25) is 0 Å². The Balaban J connectivity index is 0.000000380. The van der Waals surface area contributed by atoms with Crippen molar-refractivity contribution in [2.24, 2.45) is 129 Å². The van der Waals surface area contributed by atoms with Crippen molar-refractivity contribution in [3.05, 3.63) is 0 Å². The van der Waals surface area contributed by atoms with Gasteiger partial charge in [-0.05, 0) is 242 Å². The maximum absolute atomic E-state index is 14.2. The Morgan fingerprint density at radius 3 is 1.28 bits per heavy atom. The van der Waals surface area contributed by atoms with Crippen LogP contribution in [-0.4, -0.2) is 54.1 Å². The van der Waals surface area contributed by atoms with E-state index in [1.54, 1.807) is 0 Å². The van der Waals surface area contributed by atoms with Crippen molar-refractivity contribution in [1.29, 1.82) is 0 Å². The fourth-order valence-electron chi connectivity index (χ4n) is 20.7. The van der Waals surface area contributed by atoms with E-state index in [9.17, 15) is 14.4 Å². The number of aliphatic carboxylic acids is 1. The van der Waals surface area contributed by atoms with Crippen LogP contribution in [0.4, 0.5) is 0 Å². The molecule has 13 rings (SSSR count). The number of ether oxygens (including phenoxy) is 4. The fraction of sp³-hybridized carbons (Fsp3) is 0.932. The summed E-state index contributed by atoms with van der Waals surface area (Å²) in [6, 6.07) is 0. The molecule has 13 aliphatic rings. The van der Waals surface area contributed by atoms with Gasteiger partial charge in [0, 0.05) is 20.3 Å². The van der Waals surface area contributed by atoms with Crippen LogP contribution in [0.5, 0.6) is 0 Å². The zero-order chi connectivity index (χ0) is 43.1. The highest BCUT2D eigenvalue weighted by Crippen LogP contribution is 2.78. The maximum Gasteiger partial charge on any atom is 0.312 e. The number of carbonyl (C=O) groups is 4. The summed E-state index contributed by atoms with van der Waals surface area (Å²) in [6.45, 7) is 11.5. The van der Waals surface area contributed by atoms with Gasteiger partial charge in [-0.15, -0.1) is 0 Å². The van der Waals surface area contributed by atoms with E-state index in [1.165, 1.54) is 71.1 Å². The summed E-state index contributed by atoms with van der Waals surface area (Å²) < 4.78 is 23.2. The van der Waals surface area contributed by atoms with Crippen molar-refractivity contribution >= 4 is 23.9 Å². The number of carbonyl (C=O) groups excluding carboxylic acids is 3. The molecule has 1 heterocycles. The highest BCUT2D eigenvalue weighted by atomic mass is 16.7. The molecular formula is C59H102O9. The monoisotopic (exact) mass is 955 g/mol. The molecular weight excluding hydrogens is 853 g/mol. The van der Waals surface area contributed by atoms with Crippen LogP contribution < -0.4 is 0 Å². The van der Waals surface area contributed by atoms with Crippen molar-refractivity contribution < 1.29 is 43.2 Å². The van der Waals surface area contributed by atoms with Gasteiger partial charge >= 0.3 is 17.9 Å². The number of carboxylic acids is 1. The standard InChI is InChI=1S/C44H62O4.C7H12O3.C2H4O2.6CH4/c1-5-44(4,42(46)48-32-15-24-13-26(32)40-30-17-28(38(24)40)34-20-7-9-22(11-20)36(30)34)18-43(2,3)41(45)47-31-14-23-12-25(31)39-29-16-27(37(23)39)33-19-6-8-21(10-19)35(29)33;1-6(8)10-7-4-2-3-5-9-7;1-2(3)4;;;;;;/h19-40H,5-18H2,1-4H3;7H,2-5H2,1H3;1H3,(H,3,4);6*1H4. The van der Waals surface area contributed by atoms with E-state index in [2.05, 4.69) is 13.8 Å². The molecule has 24 atom stereocenters. The van der Waals surface area contributed by atoms with Crippen LogP contribution >= 0.6 is 0 Å². The highest BCUT2D eigenvalue weighted by Gasteiger charge is 2.73. The van der Waals surface area contributed by atoms with Crippen molar-refractivity contribution in [3.63, 3.8) is 0 Å². The van der Waals surface area contributed by atoms with Gasteiger partial charge < -0.3 is 24.1 Å². The van der Waals surface area contributed by atoms with Gasteiger partial charge in [-0.25, -0.2) is 0 Å². The maximum atomic E-state index is 14.2. The van der Waals surface area contributed by atoms with Crippen LogP contribution in [0.1, 0.15) is 195 Å². The van der Waals surface area contributed by atoms with Crippen LogP contribution in [0.3, 0.4) is 0 Å². The molecule has 9 heteroatoms. The summed E-state index contributed by atoms with van der Waals surface area (Å²) in [5.41, 5.74) is -1.36. The molecule has 392 valence electrons. The lowest BCUT2D eigenvalue weighted by molar-refractivity contribution is -0.184. The Morgan fingerprint density at radius 1 is 0.500 bits per heavy atom. The Morgan fingerprint density at radius 2 is 0.897 bits per heavy atom. The molecule has 0 radical (unpaired) electrons. The van der Waals surface area contributed by atoms with Crippen LogP contribution in [-0.2, 0) is 38.1 Å². The SMILES string of the molecule is C.C.C.C.C.C.CC(=O)O.CC(=O)OC1CCCCO1.CCC(C)(CC(C)(C)C(=O)OC1CC2CC1C1C3CC(C4C5CCC(C5)C34)C21)C(=O)OC1CC2CC1C1C3CC(C4C5CCC(C5)C34)C21. The lowest BCUT2D eigenvalue weighted by Gasteiger charge is -2.47. The number of hydrogen-bond acceptors (Lipinski definition) is 8. The van der Waals surface area contributed by atoms with Gasteiger partial charge in [-0.1, -0.05) is 51.5 Å². The third-order valence-corrected chi connectivity index (χ3v) is 21.9. The zero-order valence-corrected chi connectivity index (χ0v) is 38.7. The number of rotatable bonds is 8. The van der Waals surface area contributed by atoms with Crippen molar-refractivity contribution in [1.82, 2.24) is 0 Å². The van der Waals surface area contributed by atoms with Crippen molar-refractivity contribution in [2.75, 3.05) is 6.61 Å². The van der Waals surface area contributed by atoms with E-state index >= 15 is 0 Å². The van der Waals surface area contributed by atoms with E-state index in [0.29, 0.717) is 24.7 Å². The van der Waals surface area contributed by atoms with E-state index < -0.39 is 16.8 Å². The van der Waals surface area contributed by atoms with Crippen molar-refractivity contribution in [2.45, 2.75) is 214 Å². The minimum absolute atomic E-state index is 0. The average molecular weight is 955 g/mol. The first-order chi connectivity index (χ1) is 29.7. The Kier molecular flexibility index (Phi) is 17.3. The van der Waals surface area contributed by atoms with Crippen molar-refractivity contribution in [3.8, 4) is 0 Å². The first-order valence-electron chi connectivity index (χ1n) is 26.1. The van der Waals surface area contributed by atoms with Crippen LogP contribution in [0.15, 0.2) is 0 Å². The minimum atomic E-state index is -0.833. The third kappa shape index (κ3) is 8.84. The van der Waals surface area contributed by atoms with Gasteiger partial charge in [0.1, 0.15) is 12.2 Å². The number of carboxylic acid groups (broad SMARTS) is 1. The van der Waals surface area contributed by atoms with E-state index in [4.69, 9.17) is 28.8 Å². The second kappa shape index (κ2) is 20.8. The van der Waals surface area contributed by atoms with Crippen LogP contribution in [0.25, 0.3) is 0 Å². The second-order valence-electron chi connectivity index (χ2n) is 25.0. The van der Waals surface area contributed by atoms with Gasteiger partial charge in [-0.3, -0.25) is 19.2 Å². The first kappa shape index (κ1) is 56.8. The molecule has 13 fully saturated rings. The largest absolute Gasteiger partial charge is 0.481 e. The molecule has 1 N–H and O–H groups in total. The van der Waals surface area contributed by atoms with Crippen LogP contribution in [0, 0.1) is 129 Å². The molecule has 12 bridgehead atoms. The molecule has 68 heavy (non-hydrogen) atoms. The Bertz CT molecular complexity index is 1780. The molecule has 1 saturated heterocycles. The summed E-state index contributed by atoms with van der Waals surface area (Å²) in [7, 11) is 0. The molecule has 12 aliphatic carbocycles. The van der Waals surface area contributed by atoms with E-state index in [-0.39, 0.29) is 81.0 Å². The predicted molar refractivity (Wildman–Crippen MR) is 271 cm³/mol. The average Bonchev–Trinajstić information content (AvgIpc) is 4.07. The Labute approximate surface area is 415 Å². The minimum Gasteiger partial charge on any atom is -0.481 e. The fourth-order valence-corrected chi connectivity index (χ4v) is 20.7. The molecule has 0 amide bonds. The van der Waals surface area contributed by atoms with Gasteiger partial charge in [0.2, 0.25) is 6.29 Å². The highest BCUT2D eigenvalue weighted by molar-refractivity contribution is 5.80. The second-order valence-corrected chi connectivity index (χ2v) is 25.0. The normalized spacial score (nSPS) is 46.8. The lowest BCUT2D eigenvalue weighted by Crippen LogP contribution is -2.47. The summed E-state index contributed by atoms with van der Waals surface area (Å²) >= 11 is 0. The van der Waals surface area contributed by atoms with Gasteiger partial charge in [0.25, 0.3) is 5.97 Å². The topological polar surface area (TPSA) is 125 Å². The number of fused-ring (bicyclic) bond motifs is 32. The smallest absolute Gasteiger partial charge is 0.312 e. The molecule has 0 aromatic carbocycles. The summed E-state index contributed by atoms with van der Waals surface area (Å²) in [5, 5.41) is 7.42. The molecule has 1 aliphatic heterocycles. The summed E-state index contributed by atoms with van der Waals surface area (Å²) in [6.07, 6.45) is 21.1. The molecule has 0 aromatic heterocycles. The first-order valence-corrected chi connectivity index (χ1v) is 26.1.